The van der Waals surface area contributed by atoms with Crippen molar-refractivity contribution in [2.75, 3.05) is 51.3 Å². The van der Waals surface area contributed by atoms with Crippen molar-refractivity contribution in [2.24, 2.45) is 11.8 Å². The highest BCUT2D eigenvalue weighted by molar-refractivity contribution is 5.85. The quantitative estimate of drug-likeness (QED) is 0.874. The molecule has 7 heteroatoms. The molecule has 2 saturated heterocycles. The van der Waals surface area contributed by atoms with E-state index in [-0.39, 0.29) is 30.7 Å². The summed E-state index contributed by atoms with van der Waals surface area (Å²) in [5.41, 5.74) is 1.12. The maximum Gasteiger partial charge on any atom is 0.225 e. The molecule has 1 amide bonds. The number of nitrogens with zero attached hydrogens (tertiary/aromatic N) is 2. The van der Waals surface area contributed by atoms with Gasteiger partial charge in [-0.25, -0.2) is 0 Å². The first kappa shape index (κ1) is 20.9. The van der Waals surface area contributed by atoms with Crippen molar-refractivity contribution in [2.45, 2.75) is 6.92 Å². The van der Waals surface area contributed by atoms with E-state index >= 15 is 0 Å². The number of hydrogen-bond donors (Lipinski definition) is 1. The number of carbonyl (C=O) groups is 1. The van der Waals surface area contributed by atoms with Crippen molar-refractivity contribution in [3.8, 4) is 5.75 Å². The highest BCUT2D eigenvalue weighted by Gasteiger charge is 2.33. The fraction of sp³-hybridized carbons (Fsp3) is 0.588. The molecule has 1 N–H and O–H groups in total. The Balaban J connectivity index is 0.00000144. The van der Waals surface area contributed by atoms with Gasteiger partial charge in [0.1, 0.15) is 5.75 Å². The van der Waals surface area contributed by atoms with Crippen LogP contribution in [0.3, 0.4) is 0 Å². The van der Waals surface area contributed by atoms with Crippen molar-refractivity contribution >= 4 is 36.4 Å². The minimum atomic E-state index is 0. The second-order valence-corrected chi connectivity index (χ2v) is 6.19. The Morgan fingerprint density at radius 1 is 1.17 bits per heavy atom. The summed E-state index contributed by atoms with van der Waals surface area (Å²) in [5, 5.41) is 3.25. The first-order valence-corrected chi connectivity index (χ1v) is 8.08. The average molecular weight is 376 g/mol. The molecule has 24 heavy (non-hydrogen) atoms. The van der Waals surface area contributed by atoms with E-state index in [0.29, 0.717) is 11.8 Å². The van der Waals surface area contributed by atoms with Crippen LogP contribution in [-0.4, -0.2) is 57.2 Å². The molecule has 0 aromatic heterocycles. The van der Waals surface area contributed by atoms with Crippen molar-refractivity contribution < 1.29 is 9.53 Å². The Kier molecular flexibility index (Phi) is 8.13. The summed E-state index contributed by atoms with van der Waals surface area (Å²) >= 11 is 0. The molecule has 1 aromatic rings. The van der Waals surface area contributed by atoms with E-state index in [4.69, 9.17) is 4.74 Å². The summed E-state index contributed by atoms with van der Waals surface area (Å²) in [4.78, 5) is 16.9. The van der Waals surface area contributed by atoms with Gasteiger partial charge in [-0.1, -0.05) is 19.1 Å². The van der Waals surface area contributed by atoms with E-state index in [2.05, 4.69) is 23.2 Å². The fourth-order valence-corrected chi connectivity index (χ4v) is 3.21. The molecule has 1 unspecified atom stereocenters. The fourth-order valence-electron chi connectivity index (χ4n) is 3.21. The maximum absolute atomic E-state index is 12.6. The van der Waals surface area contributed by atoms with Crippen LogP contribution in [0, 0.1) is 11.8 Å². The number of halogens is 2. The first-order chi connectivity index (χ1) is 10.7. The lowest BCUT2D eigenvalue weighted by atomic mass is 9.88. The molecule has 3 rings (SSSR count). The second kappa shape index (κ2) is 9.35. The van der Waals surface area contributed by atoms with Gasteiger partial charge in [-0.2, -0.15) is 0 Å². The lowest BCUT2D eigenvalue weighted by Gasteiger charge is -2.40. The van der Waals surface area contributed by atoms with Crippen molar-refractivity contribution in [3.63, 3.8) is 0 Å². The molecule has 0 bridgehead atoms. The van der Waals surface area contributed by atoms with Crippen LogP contribution in [0.15, 0.2) is 24.3 Å². The third-order valence-corrected chi connectivity index (χ3v) is 4.93. The van der Waals surface area contributed by atoms with E-state index in [9.17, 15) is 4.79 Å². The van der Waals surface area contributed by atoms with Crippen LogP contribution < -0.4 is 15.0 Å². The molecular weight excluding hydrogens is 349 g/mol. The lowest BCUT2D eigenvalue weighted by molar-refractivity contribution is -0.137. The highest BCUT2D eigenvalue weighted by Crippen LogP contribution is 2.28. The van der Waals surface area contributed by atoms with E-state index in [1.807, 2.05) is 23.1 Å². The van der Waals surface area contributed by atoms with Crippen LogP contribution in [0.5, 0.6) is 5.75 Å². The number of benzene rings is 1. The molecule has 0 spiro atoms. The molecule has 0 radical (unpaired) electrons. The van der Waals surface area contributed by atoms with E-state index < -0.39 is 0 Å². The molecule has 0 aliphatic carbocycles. The topological polar surface area (TPSA) is 44.8 Å². The number of rotatable bonds is 4. The van der Waals surface area contributed by atoms with Crippen LogP contribution in [0.2, 0.25) is 0 Å². The highest BCUT2D eigenvalue weighted by atomic mass is 35.5. The molecule has 136 valence electrons. The third-order valence-electron chi connectivity index (χ3n) is 4.93. The van der Waals surface area contributed by atoms with E-state index in [1.165, 1.54) is 0 Å². The number of hydrogen-bond acceptors (Lipinski definition) is 4. The van der Waals surface area contributed by atoms with Gasteiger partial charge in [0.25, 0.3) is 0 Å². The zero-order chi connectivity index (χ0) is 15.5. The third kappa shape index (κ3) is 4.26. The predicted octanol–water partition coefficient (Wildman–Crippen LogP) is 2.04. The smallest absolute Gasteiger partial charge is 0.225 e. The summed E-state index contributed by atoms with van der Waals surface area (Å²) < 4.78 is 5.44. The Morgan fingerprint density at radius 3 is 2.33 bits per heavy atom. The van der Waals surface area contributed by atoms with Gasteiger partial charge in [-0.15, -0.1) is 24.8 Å². The summed E-state index contributed by atoms with van der Waals surface area (Å²) in [6.07, 6.45) is 0. The summed E-state index contributed by atoms with van der Waals surface area (Å²) in [6.45, 7) is 7.34. The summed E-state index contributed by atoms with van der Waals surface area (Å²) in [6, 6.07) is 8.08. The Morgan fingerprint density at radius 2 is 1.79 bits per heavy atom. The van der Waals surface area contributed by atoms with E-state index in [0.717, 1.165) is 50.7 Å². The van der Waals surface area contributed by atoms with Gasteiger partial charge in [-0.05, 0) is 31.1 Å². The largest absolute Gasteiger partial charge is 0.495 e. The van der Waals surface area contributed by atoms with Crippen molar-refractivity contribution in [3.05, 3.63) is 24.3 Å². The number of anilines is 1. The SMILES string of the molecule is COc1ccccc1N1CCN(C(=O)C(C)C2CNC2)CC1.Cl.Cl. The van der Waals surface area contributed by atoms with Gasteiger partial charge in [0.2, 0.25) is 5.91 Å². The number of piperazine rings is 1. The van der Waals surface area contributed by atoms with Crippen LogP contribution in [0.4, 0.5) is 5.69 Å². The number of methoxy groups -OCH3 is 1. The second-order valence-electron chi connectivity index (χ2n) is 6.19. The molecule has 2 aliphatic heterocycles. The first-order valence-electron chi connectivity index (χ1n) is 8.08. The number of amides is 1. The maximum atomic E-state index is 12.6. The molecular formula is C17H27Cl2N3O2. The van der Waals surface area contributed by atoms with Gasteiger partial charge in [0.15, 0.2) is 0 Å². The molecule has 5 nitrogen and oxygen atoms in total. The normalized spacial score (nSPS) is 18.8. The standard InChI is InChI=1S/C17H25N3O2.2ClH/c1-13(14-11-18-12-14)17(21)20-9-7-19(8-10-20)15-5-3-4-6-16(15)22-2;;/h3-6,13-14,18H,7-12H2,1-2H3;2*1H. The zero-order valence-corrected chi connectivity index (χ0v) is 15.9. The Bertz CT molecular complexity index is 532. The average Bonchev–Trinajstić information content (AvgIpc) is 2.52. The summed E-state index contributed by atoms with van der Waals surface area (Å²) in [5.74, 6) is 1.86. The molecule has 2 fully saturated rings. The molecule has 1 aromatic carbocycles. The lowest BCUT2D eigenvalue weighted by Crippen LogP contribution is -2.54. The van der Waals surface area contributed by atoms with Crippen LogP contribution in [0.1, 0.15) is 6.92 Å². The number of carbonyl (C=O) groups excluding carboxylic acids is 1. The summed E-state index contributed by atoms with van der Waals surface area (Å²) in [7, 11) is 1.70. The number of nitrogens with one attached hydrogen (secondary N) is 1. The predicted molar refractivity (Wildman–Crippen MR) is 102 cm³/mol. The van der Waals surface area contributed by atoms with Crippen LogP contribution in [0.25, 0.3) is 0 Å². The van der Waals surface area contributed by atoms with Gasteiger partial charge < -0.3 is 19.9 Å². The van der Waals surface area contributed by atoms with Crippen molar-refractivity contribution in [1.82, 2.24) is 10.2 Å². The number of ether oxygens (including phenoxy) is 1. The molecule has 2 heterocycles. The monoisotopic (exact) mass is 375 g/mol. The van der Waals surface area contributed by atoms with Crippen LogP contribution >= 0.6 is 24.8 Å². The van der Waals surface area contributed by atoms with Gasteiger partial charge >= 0.3 is 0 Å². The van der Waals surface area contributed by atoms with Crippen LogP contribution in [-0.2, 0) is 4.79 Å². The van der Waals surface area contributed by atoms with Gasteiger partial charge in [0, 0.05) is 32.1 Å². The van der Waals surface area contributed by atoms with Crippen molar-refractivity contribution in [1.29, 1.82) is 0 Å². The van der Waals surface area contributed by atoms with E-state index in [1.54, 1.807) is 7.11 Å². The molecule has 0 saturated carbocycles. The Hall–Kier alpha value is -1.17. The Labute approximate surface area is 156 Å². The molecule has 2 aliphatic rings. The van der Waals surface area contributed by atoms with Gasteiger partial charge in [0.05, 0.1) is 12.8 Å². The molecule has 1 atom stereocenters. The number of para-hydroxylation sites is 2. The minimum Gasteiger partial charge on any atom is -0.495 e. The zero-order valence-electron chi connectivity index (χ0n) is 14.2. The minimum absolute atomic E-state index is 0. The van der Waals surface area contributed by atoms with Gasteiger partial charge in [-0.3, -0.25) is 4.79 Å².